The van der Waals surface area contributed by atoms with E-state index in [1.807, 2.05) is 22.6 Å². The molecule has 0 aromatic heterocycles. The molecular formula is C20H15ClINO6S. The van der Waals surface area contributed by atoms with E-state index in [0.29, 0.717) is 31.2 Å². The number of methoxy groups -OCH3 is 1. The number of imide groups is 1. The molecule has 1 heterocycles. The number of thioether (sulfide) groups is 1. The number of rotatable bonds is 7. The van der Waals surface area contributed by atoms with Crippen molar-refractivity contribution in [3.8, 4) is 11.5 Å². The third kappa shape index (κ3) is 5.08. The molecule has 10 heteroatoms. The van der Waals surface area contributed by atoms with Crippen molar-refractivity contribution < 1.29 is 29.0 Å². The summed E-state index contributed by atoms with van der Waals surface area (Å²) in [4.78, 5) is 37.3. The number of aliphatic carboxylic acids is 1. The molecule has 0 spiro atoms. The van der Waals surface area contributed by atoms with E-state index in [9.17, 15) is 14.4 Å². The minimum absolute atomic E-state index is 0.0878. The van der Waals surface area contributed by atoms with E-state index < -0.39 is 18.5 Å². The van der Waals surface area contributed by atoms with Crippen LogP contribution in [0.1, 0.15) is 11.1 Å². The van der Waals surface area contributed by atoms with Crippen molar-refractivity contribution in [1.82, 2.24) is 4.90 Å². The Morgan fingerprint density at radius 1 is 1.30 bits per heavy atom. The van der Waals surface area contributed by atoms with Gasteiger partial charge in [-0.3, -0.25) is 14.5 Å². The molecule has 1 fully saturated rings. The van der Waals surface area contributed by atoms with Gasteiger partial charge in [-0.2, -0.15) is 0 Å². The van der Waals surface area contributed by atoms with Gasteiger partial charge in [-0.25, -0.2) is 4.79 Å². The molecule has 2 aromatic rings. The van der Waals surface area contributed by atoms with Crippen molar-refractivity contribution in [2.45, 2.75) is 6.54 Å². The summed E-state index contributed by atoms with van der Waals surface area (Å²) in [5, 5.41) is 8.92. The van der Waals surface area contributed by atoms with Crippen LogP contribution >= 0.6 is 46.0 Å². The van der Waals surface area contributed by atoms with Gasteiger partial charge in [-0.05, 0) is 69.8 Å². The average molecular weight is 560 g/mol. The summed E-state index contributed by atoms with van der Waals surface area (Å²) in [6, 6.07) is 10.4. The lowest BCUT2D eigenvalue weighted by molar-refractivity contribution is -0.139. The average Bonchev–Trinajstić information content (AvgIpc) is 2.95. The lowest BCUT2D eigenvalue weighted by Gasteiger charge is -2.13. The van der Waals surface area contributed by atoms with Gasteiger partial charge >= 0.3 is 5.97 Å². The number of carboxylic acids is 1. The van der Waals surface area contributed by atoms with Gasteiger partial charge in [0.05, 0.1) is 22.1 Å². The predicted molar refractivity (Wildman–Crippen MR) is 122 cm³/mol. The van der Waals surface area contributed by atoms with Crippen LogP contribution in [-0.2, 0) is 16.1 Å². The molecular weight excluding hydrogens is 545 g/mol. The van der Waals surface area contributed by atoms with Crippen LogP contribution in [0.25, 0.3) is 6.08 Å². The zero-order valence-corrected chi connectivity index (χ0v) is 19.3. The van der Waals surface area contributed by atoms with E-state index in [1.165, 1.54) is 7.11 Å². The Hall–Kier alpha value is -2.24. The number of benzene rings is 2. The van der Waals surface area contributed by atoms with Crippen LogP contribution in [0.15, 0.2) is 41.3 Å². The van der Waals surface area contributed by atoms with Gasteiger partial charge in [0.2, 0.25) is 0 Å². The smallest absolute Gasteiger partial charge is 0.341 e. The van der Waals surface area contributed by atoms with Crippen molar-refractivity contribution >= 4 is 69.1 Å². The van der Waals surface area contributed by atoms with Crippen LogP contribution < -0.4 is 9.47 Å². The third-order valence-corrected chi connectivity index (χ3v) is 6.13. The minimum atomic E-state index is -1.11. The highest BCUT2D eigenvalue weighted by Gasteiger charge is 2.35. The number of hydrogen-bond donors (Lipinski definition) is 1. The van der Waals surface area contributed by atoms with Gasteiger partial charge in [-0.1, -0.05) is 29.8 Å². The first kappa shape index (κ1) is 22.4. The number of ether oxygens (including phenoxy) is 2. The fourth-order valence-corrected chi connectivity index (χ4v) is 4.50. The first-order valence-electron chi connectivity index (χ1n) is 8.51. The summed E-state index contributed by atoms with van der Waals surface area (Å²) in [7, 11) is 1.43. The zero-order chi connectivity index (χ0) is 21.8. The fraction of sp³-hybridized carbons (Fsp3) is 0.150. The van der Waals surface area contributed by atoms with Crippen LogP contribution in [-0.4, -0.2) is 40.8 Å². The lowest BCUT2D eigenvalue weighted by Crippen LogP contribution is -2.27. The highest BCUT2D eigenvalue weighted by Crippen LogP contribution is 2.38. The molecule has 1 saturated heterocycles. The van der Waals surface area contributed by atoms with E-state index in [0.717, 1.165) is 16.7 Å². The Labute approximate surface area is 195 Å². The molecule has 0 saturated carbocycles. The molecule has 3 rings (SSSR count). The number of amides is 2. The largest absolute Gasteiger partial charge is 0.493 e. The molecule has 1 N–H and O–H groups in total. The Kier molecular flexibility index (Phi) is 7.27. The predicted octanol–water partition coefficient (Wildman–Crippen LogP) is 4.65. The maximum atomic E-state index is 12.8. The van der Waals surface area contributed by atoms with E-state index in [4.69, 9.17) is 26.2 Å². The maximum Gasteiger partial charge on any atom is 0.341 e. The second kappa shape index (κ2) is 9.71. The molecule has 156 valence electrons. The van der Waals surface area contributed by atoms with Crippen LogP contribution in [0.2, 0.25) is 5.02 Å². The summed E-state index contributed by atoms with van der Waals surface area (Å²) in [5.41, 5.74) is 1.29. The number of carbonyl (C=O) groups is 3. The molecule has 1 aliphatic heterocycles. The van der Waals surface area contributed by atoms with E-state index in [1.54, 1.807) is 42.5 Å². The first-order valence-corrected chi connectivity index (χ1v) is 10.8. The van der Waals surface area contributed by atoms with Crippen LogP contribution in [0.3, 0.4) is 0 Å². The second-order valence-electron chi connectivity index (χ2n) is 6.08. The Morgan fingerprint density at radius 2 is 2.03 bits per heavy atom. The van der Waals surface area contributed by atoms with Crippen molar-refractivity contribution in [3.05, 3.63) is 61.0 Å². The molecule has 0 aliphatic carbocycles. The van der Waals surface area contributed by atoms with Crippen molar-refractivity contribution in [2.75, 3.05) is 13.7 Å². The molecule has 0 atom stereocenters. The molecule has 0 unspecified atom stereocenters. The third-order valence-electron chi connectivity index (χ3n) is 4.05. The van der Waals surface area contributed by atoms with E-state index >= 15 is 0 Å². The summed E-state index contributed by atoms with van der Waals surface area (Å²) in [6.45, 7) is -0.419. The summed E-state index contributed by atoms with van der Waals surface area (Å²) in [6.07, 6.45) is 1.59. The number of nitrogens with zero attached hydrogens (tertiary/aromatic N) is 1. The van der Waals surface area contributed by atoms with Crippen LogP contribution in [0.5, 0.6) is 11.5 Å². The molecule has 30 heavy (non-hydrogen) atoms. The van der Waals surface area contributed by atoms with Crippen LogP contribution in [0, 0.1) is 3.57 Å². The standard InChI is InChI=1S/C20H15ClINO6S/c1-28-15-7-11(6-14(22)18(15)29-10-17(24)25)8-16-19(26)23(20(27)30-16)9-12-4-2-3-5-13(12)21/h2-8H,9-10H2,1H3,(H,24,25)/b16-8-. The maximum absolute atomic E-state index is 12.8. The highest BCUT2D eigenvalue weighted by atomic mass is 127. The highest BCUT2D eigenvalue weighted by molar-refractivity contribution is 14.1. The lowest BCUT2D eigenvalue weighted by atomic mass is 10.1. The molecule has 1 aliphatic rings. The summed E-state index contributed by atoms with van der Waals surface area (Å²) in [5.74, 6) is -0.900. The summed E-state index contributed by atoms with van der Waals surface area (Å²) < 4.78 is 11.2. The number of carboxylic acid groups (broad SMARTS) is 1. The Bertz CT molecular complexity index is 1060. The van der Waals surface area contributed by atoms with Gasteiger partial charge in [0.15, 0.2) is 18.1 Å². The van der Waals surface area contributed by atoms with Gasteiger partial charge in [0.1, 0.15) is 0 Å². The SMILES string of the molecule is COc1cc(/C=C2\SC(=O)N(Cc3ccccc3Cl)C2=O)cc(I)c1OCC(=O)O. The zero-order valence-electron chi connectivity index (χ0n) is 15.6. The molecule has 2 amide bonds. The summed E-state index contributed by atoms with van der Waals surface area (Å²) >= 11 is 8.97. The second-order valence-corrected chi connectivity index (χ2v) is 8.64. The molecule has 0 bridgehead atoms. The fourth-order valence-electron chi connectivity index (χ4n) is 2.68. The van der Waals surface area contributed by atoms with Crippen molar-refractivity contribution in [3.63, 3.8) is 0 Å². The number of hydrogen-bond acceptors (Lipinski definition) is 6. The molecule has 7 nitrogen and oxygen atoms in total. The Balaban J connectivity index is 1.85. The number of halogens is 2. The van der Waals surface area contributed by atoms with Gasteiger partial charge in [0.25, 0.3) is 11.1 Å². The van der Waals surface area contributed by atoms with Gasteiger partial charge in [0, 0.05) is 5.02 Å². The first-order chi connectivity index (χ1) is 14.3. The Morgan fingerprint density at radius 3 is 2.70 bits per heavy atom. The molecule has 0 radical (unpaired) electrons. The number of carbonyl (C=O) groups excluding carboxylic acids is 2. The van der Waals surface area contributed by atoms with E-state index in [-0.39, 0.29) is 16.7 Å². The minimum Gasteiger partial charge on any atom is -0.493 e. The van der Waals surface area contributed by atoms with Crippen molar-refractivity contribution in [1.29, 1.82) is 0 Å². The topological polar surface area (TPSA) is 93.1 Å². The van der Waals surface area contributed by atoms with Crippen LogP contribution in [0.4, 0.5) is 4.79 Å². The molecule has 2 aromatic carbocycles. The van der Waals surface area contributed by atoms with Crippen molar-refractivity contribution in [2.24, 2.45) is 0 Å². The van der Waals surface area contributed by atoms with Gasteiger partial charge < -0.3 is 14.6 Å². The quantitative estimate of drug-likeness (QED) is 0.390. The normalized spacial score (nSPS) is 15.0. The van der Waals surface area contributed by atoms with Gasteiger partial charge in [-0.15, -0.1) is 0 Å². The van der Waals surface area contributed by atoms with E-state index in [2.05, 4.69) is 0 Å². The monoisotopic (exact) mass is 559 g/mol.